The summed E-state index contributed by atoms with van der Waals surface area (Å²) < 4.78 is 0. The van der Waals surface area contributed by atoms with Gasteiger partial charge in [-0.25, -0.2) is 15.0 Å². The molecule has 2 aromatic heterocycles. The van der Waals surface area contributed by atoms with E-state index in [1.54, 1.807) is 23.7 Å². The zero-order chi connectivity index (χ0) is 12.4. The number of hydrogen-bond acceptors (Lipinski definition) is 5. The summed E-state index contributed by atoms with van der Waals surface area (Å²) in [6, 6.07) is -0.180. The highest BCUT2D eigenvalue weighted by Crippen LogP contribution is 2.20. The highest BCUT2D eigenvalue weighted by Gasteiger charge is 2.13. The maximum absolute atomic E-state index is 6.08. The molecule has 2 heterocycles. The third-order valence-electron chi connectivity index (χ3n) is 2.60. The molecule has 5 heteroatoms. The first-order valence-corrected chi connectivity index (χ1v) is 6.35. The summed E-state index contributed by atoms with van der Waals surface area (Å²) in [5, 5.41) is 1.05. The van der Waals surface area contributed by atoms with E-state index in [4.69, 9.17) is 5.73 Å². The van der Waals surface area contributed by atoms with Gasteiger partial charge >= 0.3 is 0 Å². The Morgan fingerprint density at radius 3 is 2.41 bits per heavy atom. The second kappa shape index (κ2) is 4.89. The molecule has 2 aromatic rings. The van der Waals surface area contributed by atoms with E-state index in [0.717, 1.165) is 16.3 Å². The molecule has 1 unspecified atom stereocenters. The molecular formula is C12H16N4S. The molecule has 0 bridgehead atoms. The fourth-order valence-electron chi connectivity index (χ4n) is 1.50. The Morgan fingerprint density at radius 2 is 1.88 bits per heavy atom. The average molecular weight is 248 g/mol. The Labute approximate surface area is 105 Å². The van der Waals surface area contributed by atoms with Crippen LogP contribution in [0.25, 0.3) is 0 Å². The third-order valence-corrected chi connectivity index (χ3v) is 3.70. The van der Waals surface area contributed by atoms with Crippen molar-refractivity contribution in [3.8, 4) is 0 Å². The van der Waals surface area contributed by atoms with E-state index in [-0.39, 0.29) is 6.04 Å². The van der Waals surface area contributed by atoms with Crippen molar-refractivity contribution in [2.75, 3.05) is 0 Å². The maximum atomic E-state index is 6.08. The van der Waals surface area contributed by atoms with Crippen LogP contribution in [-0.4, -0.2) is 15.0 Å². The van der Waals surface area contributed by atoms with Gasteiger partial charge in [0.15, 0.2) is 0 Å². The van der Waals surface area contributed by atoms with Crippen molar-refractivity contribution >= 4 is 11.3 Å². The molecule has 0 saturated carbocycles. The van der Waals surface area contributed by atoms with Crippen molar-refractivity contribution in [1.82, 2.24) is 15.0 Å². The molecule has 0 aliphatic rings. The van der Waals surface area contributed by atoms with Gasteiger partial charge in [0, 0.05) is 23.7 Å². The van der Waals surface area contributed by atoms with E-state index in [0.29, 0.717) is 12.2 Å². The second-order valence-electron chi connectivity index (χ2n) is 4.18. The summed E-state index contributed by atoms with van der Waals surface area (Å²) in [5.41, 5.74) is 8.21. The summed E-state index contributed by atoms with van der Waals surface area (Å²) in [6.07, 6.45) is 4.28. The summed E-state index contributed by atoms with van der Waals surface area (Å²) in [4.78, 5) is 14.2. The number of nitrogens with two attached hydrogens (primary N) is 1. The largest absolute Gasteiger partial charge is 0.321 e. The number of rotatable bonds is 3. The molecule has 0 aliphatic carbocycles. The molecule has 0 radical (unpaired) electrons. The van der Waals surface area contributed by atoms with Gasteiger partial charge in [-0.2, -0.15) is 0 Å². The highest BCUT2D eigenvalue weighted by molar-refractivity contribution is 7.11. The van der Waals surface area contributed by atoms with Crippen molar-refractivity contribution in [2.24, 2.45) is 5.73 Å². The predicted molar refractivity (Wildman–Crippen MR) is 69.0 cm³/mol. The summed E-state index contributed by atoms with van der Waals surface area (Å²) in [6.45, 7) is 6.05. The fraction of sp³-hybridized carbons (Fsp3) is 0.417. The molecule has 1 atom stereocenters. The lowest BCUT2D eigenvalue weighted by molar-refractivity contribution is 0.662. The van der Waals surface area contributed by atoms with Gasteiger partial charge in [-0.3, -0.25) is 0 Å². The molecule has 4 nitrogen and oxygen atoms in total. The number of hydrogen-bond donors (Lipinski definition) is 1. The molecular weight excluding hydrogens is 232 g/mol. The van der Waals surface area contributed by atoms with E-state index in [9.17, 15) is 0 Å². The molecule has 0 spiro atoms. The van der Waals surface area contributed by atoms with E-state index >= 15 is 0 Å². The summed E-state index contributed by atoms with van der Waals surface area (Å²) in [5.74, 6) is 0.682. The number of aromatic nitrogens is 3. The molecule has 0 aliphatic heterocycles. The van der Waals surface area contributed by atoms with Crippen LogP contribution < -0.4 is 5.73 Å². The monoisotopic (exact) mass is 248 g/mol. The van der Waals surface area contributed by atoms with Crippen LogP contribution >= 0.6 is 11.3 Å². The van der Waals surface area contributed by atoms with Gasteiger partial charge in [-0.05, 0) is 26.3 Å². The molecule has 0 aromatic carbocycles. The fourth-order valence-corrected chi connectivity index (χ4v) is 2.49. The minimum atomic E-state index is -0.180. The first kappa shape index (κ1) is 12.1. The van der Waals surface area contributed by atoms with E-state index < -0.39 is 0 Å². The predicted octanol–water partition coefficient (Wildman–Crippen LogP) is 2.10. The first-order chi connectivity index (χ1) is 8.06. The minimum Gasteiger partial charge on any atom is -0.321 e. The quantitative estimate of drug-likeness (QED) is 0.903. The molecule has 0 amide bonds. The van der Waals surface area contributed by atoms with Crippen LogP contribution in [0.5, 0.6) is 0 Å². The van der Waals surface area contributed by atoms with Gasteiger partial charge in [0.1, 0.15) is 5.82 Å². The Balaban J connectivity index is 2.11. The lowest BCUT2D eigenvalue weighted by atomic mass is 10.2. The number of thiazole rings is 1. The SMILES string of the molecule is Cc1cnc(C(N)Cc2nc(C)c(C)s2)nc1. The van der Waals surface area contributed by atoms with Crippen LogP contribution in [0.4, 0.5) is 0 Å². The second-order valence-corrected chi connectivity index (χ2v) is 5.47. The summed E-state index contributed by atoms with van der Waals surface area (Å²) in [7, 11) is 0. The van der Waals surface area contributed by atoms with Crippen molar-refractivity contribution in [1.29, 1.82) is 0 Å². The molecule has 17 heavy (non-hydrogen) atoms. The molecule has 2 rings (SSSR count). The number of aryl methyl sites for hydroxylation is 3. The van der Waals surface area contributed by atoms with Crippen LogP contribution in [-0.2, 0) is 6.42 Å². The van der Waals surface area contributed by atoms with Crippen LogP contribution in [0.2, 0.25) is 0 Å². The van der Waals surface area contributed by atoms with E-state index in [1.807, 2.05) is 13.8 Å². The minimum absolute atomic E-state index is 0.180. The summed E-state index contributed by atoms with van der Waals surface area (Å²) >= 11 is 1.69. The van der Waals surface area contributed by atoms with Crippen molar-refractivity contribution in [2.45, 2.75) is 33.2 Å². The average Bonchev–Trinajstić information content (AvgIpc) is 2.58. The van der Waals surface area contributed by atoms with Gasteiger partial charge in [0.2, 0.25) is 0 Å². The van der Waals surface area contributed by atoms with Crippen LogP contribution in [0.1, 0.15) is 33.0 Å². The molecule has 2 N–H and O–H groups in total. The Kier molecular flexibility index (Phi) is 3.49. The van der Waals surface area contributed by atoms with Crippen LogP contribution in [0, 0.1) is 20.8 Å². The van der Waals surface area contributed by atoms with Crippen molar-refractivity contribution in [3.63, 3.8) is 0 Å². The van der Waals surface area contributed by atoms with Crippen molar-refractivity contribution < 1.29 is 0 Å². The topological polar surface area (TPSA) is 64.7 Å². The first-order valence-electron chi connectivity index (χ1n) is 5.53. The van der Waals surface area contributed by atoms with E-state index in [2.05, 4.69) is 21.9 Å². The lowest BCUT2D eigenvalue weighted by Crippen LogP contribution is -2.16. The van der Waals surface area contributed by atoms with Crippen molar-refractivity contribution in [3.05, 3.63) is 39.4 Å². The Hall–Kier alpha value is -1.33. The van der Waals surface area contributed by atoms with Gasteiger partial charge in [-0.15, -0.1) is 11.3 Å². The lowest BCUT2D eigenvalue weighted by Gasteiger charge is -2.07. The Bertz CT molecular complexity index is 484. The zero-order valence-electron chi connectivity index (χ0n) is 10.3. The van der Waals surface area contributed by atoms with Gasteiger partial charge in [0.25, 0.3) is 0 Å². The van der Waals surface area contributed by atoms with Crippen LogP contribution in [0.3, 0.4) is 0 Å². The Morgan fingerprint density at radius 1 is 1.24 bits per heavy atom. The molecule has 0 fully saturated rings. The van der Waals surface area contributed by atoms with Gasteiger partial charge in [0.05, 0.1) is 16.7 Å². The van der Waals surface area contributed by atoms with Crippen LogP contribution in [0.15, 0.2) is 12.4 Å². The highest BCUT2D eigenvalue weighted by atomic mass is 32.1. The number of nitrogens with zero attached hydrogens (tertiary/aromatic N) is 3. The van der Waals surface area contributed by atoms with E-state index in [1.165, 1.54) is 4.88 Å². The molecule has 90 valence electrons. The van der Waals surface area contributed by atoms with Gasteiger partial charge < -0.3 is 5.73 Å². The smallest absolute Gasteiger partial charge is 0.145 e. The molecule has 0 saturated heterocycles. The standard InChI is InChI=1S/C12H16N4S/c1-7-5-14-12(15-6-7)10(13)4-11-16-8(2)9(3)17-11/h5-6,10H,4,13H2,1-3H3. The van der Waals surface area contributed by atoms with Gasteiger partial charge in [-0.1, -0.05) is 0 Å². The maximum Gasteiger partial charge on any atom is 0.145 e. The normalized spacial score (nSPS) is 12.7. The third kappa shape index (κ3) is 2.87. The zero-order valence-corrected chi connectivity index (χ0v) is 11.1.